The van der Waals surface area contributed by atoms with E-state index in [-0.39, 0.29) is 46.2 Å². The van der Waals surface area contributed by atoms with Crippen molar-refractivity contribution in [3.8, 4) is 5.75 Å². The van der Waals surface area contributed by atoms with E-state index in [1.54, 1.807) is 41.0 Å². The molecule has 14 heteroatoms. The minimum atomic E-state index is -3.79. The molecule has 0 saturated carbocycles. The maximum atomic E-state index is 15.1. The van der Waals surface area contributed by atoms with E-state index >= 15 is 4.79 Å². The number of benzene rings is 3. The number of urea groups is 2. The molecule has 2 aliphatic rings. The van der Waals surface area contributed by atoms with E-state index in [1.807, 2.05) is 45.0 Å². The quantitative estimate of drug-likeness (QED) is 0.252. The van der Waals surface area contributed by atoms with Gasteiger partial charge in [-0.25, -0.2) is 18.0 Å². The molecule has 0 unspecified atom stereocenters. The summed E-state index contributed by atoms with van der Waals surface area (Å²) in [5.41, 5.74) is -0.525. The lowest BCUT2D eigenvalue weighted by atomic mass is 9.71. The maximum Gasteiger partial charge on any atom is 0.326 e. The first kappa shape index (κ1) is 36.8. The number of carbonyl (C=O) groups is 2. The number of hydrogen-bond donors (Lipinski definition) is 2. The van der Waals surface area contributed by atoms with Crippen LogP contribution in [-0.2, 0) is 20.9 Å². The summed E-state index contributed by atoms with van der Waals surface area (Å²) in [6.07, 6.45) is 2.16. The normalized spacial score (nSPS) is 21.3. The van der Waals surface area contributed by atoms with Crippen LogP contribution in [0, 0.1) is 0 Å². The first-order valence-corrected chi connectivity index (χ1v) is 19.1. The number of amides is 4. The zero-order valence-corrected chi connectivity index (χ0v) is 31.1. The standard InChI is InChI=1S/C35H40Cl3N5O5S/c1-6-39-32(44)40-26-16-18-42(19-17-26)33(45)43-31(27-20-30(49(5,46)47)28(38)21-29(27)48-7-2)41-34(3,22-8-12-24(36)13-9-22)35(43,4)23-10-14-25(37)15-11-23/h8-15,20-21,26H,6-7,16-19H2,1-5H3,(H2,39,40,44)/t34-,35+/m0/s1. The Hall–Kier alpha value is -3.51. The fourth-order valence-corrected chi connectivity index (χ4v) is 8.16. The maximum absolute atomic E-state index is 15.1. The first-order valence-electron chi connectivity index (χ1n) is 16.1. The van der Waals surface area contributed by atoms with Crippen LogP contribution in [0.15, 0.2) is 70.6 Å². The van der Waals surface area contributed by atoms with E-state index in [9.17, 15) is 13.2 Å². The van der Waals surface area contributed by atoms with Gasteiger partial charge >= 0.3 is 12.1 Å². The number of aliphatic imine (C=N–C) groups is 1. The van der Waals surface area contributed by atoms with Crippen LogP contribution in [0.25, 0.3) is 0 Å². The van der Waals surface area contributed by atoms with Gasteiger partial charge in [0.1, 0.15) is 22.7 Å². The molecule has 0 radical (unpaired) electrons. The van der Waals surface area contributed by atoms with Gasteiger partial charge in [0.25, 0.3) is 0 Å². The number of rotatable bonds is 8. The van der Waals surface area contributed by atoms with Crippen LogP contribution >= 0.6 is 34.8 Å². The van der Waals surface area contributed by atoms with Gasteiger partial charge in [0.15, 0.2) is 9.84 Å². The molecular formula is C35H40Cl3N5O5S. The van der Waals surface area contributed by atoms with Crippen molar-refractivity contribution >= 4 is 62.5 Å². The molecule has 4 amide bonds. The van der Waals surface area contributed by atoms with Gasteiger partial charge in [-0.3, -0.25) is 9.89 Å². The number of hydrogen-bond acceptors (Lipinski definition) is 6. The van der Waals surface area contributed by atoms with Crippen molar-refractivity contribution in [1.82, 2.24) is 20.4 Å². The van der Waals surface area contributed by atoms with Crippen LogP contribution in [0.2, 0.25) is 15.1 Å². The third-order valence-corrected chi connectivity index (χ3v) is 11.4. The van der Waals surface area contributed by atoms with Crippen molar-refractivity contribution in [3.05, 3.63) is 92.4 Å². The summed E-state index contributed by atoms with van der Waals surface area (Å²) < 4.78 is 31.9. The number of halogens is 3. The predicted octanol–water partition coefficient (Wildman–Crippen LogP) is 7.25. The summed E-state index contributed by atoms with van der Waals surface area (Å²) in [4.78, 5) is 35.9. The highest BCUT2D eigenvalue weighted by Crippen LogP contribution is 2.54. The number of nitrogens with zero attached hydrogens (tertiary/aromatic N) is 3. The van der Waals surface area contributed by atoms with Gasteiger partial charge in [0.2, 0.25) is 0 Å². The van der Waals surface area contributed by atoms with Crippen LogP contribution in [0.3, 0.4) is 0 Å². The van der Waals surface area contributed by atoms with Gasteiger partial charge < -0.3 is 20.3 Å². The molecule has 2 heterocycles. The number of sulfone groups is 1. The van der Waals surface area contributed by atoms with E-state index in [0.717, 1.165) is 17.4 Å². The van der Waals surface area contributed by atoms with Crippen molar-refractivity contribution in [1.29, 1.82) is 0 Å². The lowest BCUT2D eigenvalue weighted by Crippen LogP contribution is -2.60. The predicted molar refractivity (Wildman–Crippen MR) is 194 cm³/mol. The SMILES string of the molecule is CCNC(=O)NC1CCN(C(=O)N2C(c3cc(S(C)(=O)=O)c(Cl)cc3OCC)=N[C@@](C)(c3ccc(Cl)cc3)[C@@]2(C)c2ccc(Cl)cc2)CC1. The number of ether oxygens (including phenoxy) is 1. The third-order valence-electron chi connectivity index (χ3n) is 9.35. The van der Waals surface area contributed by atoms with E-state index in [0.29, 0.717) is 48.1 Å². The van der Waals surface area contributed by atoms with Crippen LogP contribution in [0.4, 0.5) is 9.59 Å². The molecule has 49 heavy (non-hydrogen) atoms. The second kappa shape index (κ2) is 14.4. The van der Waals surface area contributed by atoms with E-state index in [2.05, 4.69) is 10.6 Å². The molecule has 2 N–H and O–H groups in total. The number of carbonyl (C=O) groups excluding carboxylic acids is 2. The van der Waals surface area contributed by atoms with Gasteiger partial charge in [-0.1, -0.05) is 59.1 Å². The van der Waals surface area contributed by atoms with Gasteiger partial charge in [0, 0.05) is 48.0 Å². The summed E-state index contributed by atoms with van der Waals surface area (Å²) in [5.74, 6) is 0.493. The highest BCUT2D eigenvalue weighted by atomic mass is 35.5. The summed E-state index contributed by atoms with van der Waals surface area (Å²) in [6, 6.07) is 16.7. The molecule has 2 aliphatic heterocycles. The minimum Gasteiger partial charge on any atom is -0.493 e. The first-order chi connectivity index (χ1) is 23.1. The van der Waals surface area contributed by atoms with Crippen molar-refractivity contribution < 1.29 is 22.7 Å². The summed E-state index contributed by atoms with van der Waals surface area (Å²) in [5, 5.41) is 6.79. The fourth-order valence-electron chi connectivity index (χ4n) is 6.59. The molecule has 0 aliphatic carbocycles. The number of likely N-dealkylation sites (tertiary alicyclic amines) is 1. The Morgan fingerprint density at radius 3 is 2.04 bits per heavy atom. The Kier molecular flexibility index (Phi) is 10.8. The highest BCUT2D eigenvalue weighted by molar-refractivity contribution is 7.90. The largest absolute Gasteiger partial charge is 0.493 e. The molecule has 262 valence electrons. The molecule has 0 aromatic heterocycles. The number of piperidine rings is 1. The van der Waals surface area contributed by atoms with E-state index in [1.165, 1.54) is 12.1 Å². The lowest BCUT2D eigenvalue weighted by molar-refractivity contribution is 0.0996. The van der Waals surface area contributed by atoms with E-state index < -0.39 is 20.9 Å². The summed E-state index contributed by atoms with van der Waals surface area (Å²) >= 11 is 19.2. The van der Waals surface area contributed by atoms with Crippen molar-refractivity contribution in [2.24, 2.45) is 4.99 Å². The third kappa shape index (κ3) is 7.08. The van der Waals surface area contributed by atoms with Gasteiger partial charge in [-0.2, -0.15) is 0 Å². The number of amidine groups is 1. The highest BCUT2D eigenvalue weighted by Gasteiger charge is 2.60. The van der Waals surface area contributed by atoms with Gasteiger partial charge in [-0.15, -0.1) is 0 Å². The molecule has 3 aromatic rings. The lowest BCUT2D eigenvalue weighted by Gasteiger charge is -2.47. The minimum absolute atomic E-state index is 0.00576. The molecule has 5 rings (SSSR count). The topological polar surface area (TPSA) is 120 Å². The Labute approximate surface area is 302 Å². The zero-order chi connectivity index (χ0) is 35.7. The number of nitrogens with one attached hydrogen (secondary N) is 2. The average Bonchev–Trinajstić information content (AvgIpc) is 3.29. The Morgan fingerprint density at radius 1 is 0.939 bits per heavy atom. The molecule has 1 fully saturated rings. The molecule has 10 nitrogen and oxygen atoms in total. The van der Waals surface area contributed by atoms with Crippen molar-refractivity contribution in [2.75, 3.05) is 32.5 Å². The fraction of sp³-hybridized carbons (Fsp3) is 0.400. The van der Waals surface area contributed by atoms with E-state index in [4.69, 9.17) is 44.5 Å². The van der Waals surface area contributed by atoms with Crippen molar-refractivity contribution in [3.63, 3.8) is 0 Å². The summed E-state index contributed by atoms with van der Waals surface area (Å²) in [6.45, 7) is 9.01. The Bertz CT molecular complexity index is 1870. The monoisotopic (exact) mass is 747 g/mol. The molecule has 2 atom stereocenters. The van der Waals surface area contributed by atoms with Gasteiger partial charge in [0.05, 0.1) is 22.1 Å². The van der Waals surface area contributed by atoms with Gasteiger partial charge in [-0.05, 0) is 82.0 Å². The van der Waals surface area contributed by atoms with Crippen LogP contribution in [0.5, 0.6) is 5.75 Å². The second-order valence-corrected chi connectivity index (χ2v) is 15.7. The van der Waals surface area contributed by atoms with Crippen LogP contribution in [-0.4, -0.2) is 74.7 Å². The van der Waals surface area contributed by atoms with Crippen LogP contribution < -0.4 is 15.4 Å². The smallest absolute Gasteiger partial charge is 0.326 e. The molecule has 3 aromatic carbocycles. The molecule has 1 saturated heterocycles. The van der Waals surface area contributed by atoms with Crippen LogP contribution in [0.1, 0.15) is 57.2 Å². The summed E-state index contributed by atoms with van der Waals surface area (Å²) in [7, 11) is -3.79. The zero-order valence-electron chi connectivity index (χ0n) is 28.0. The van der Waals surface area contributed by atoms with Crippen molar-refractivity contribution in [2.45, 2.75) is 62.6 Å². The second-order valence-electron chi connectivity index (χ2n) is 12.5. The molecule has 0 bridgehead atoms. The Morgan fingerprint density at radius 2 is 1.51 bits per heavy atom. The average molecular weight is 749 g/mol. The Balaban J connectivity index is 1.73. The molecular weight excluding hydrogens is 709 g/mol. The molecule has 0 spiro atoms.